The fraction of sp³-hybridized carbons (Fsp3) is 0.889. The SMILES string of the molecule is CCC(C)CN(C)C(C)C(N)=O. The molecule has 0 aromatic heterocycles. The fourth-order valence-electron chi connectivity index (χ4n) is 0.996. The highest BCUT2D eigenvalue weighted by molar-refractivity contribution is 5.79. The summed E-state index contributed by atoms with van der Waals surface area (Å²) in [4.78, 5) is 12.8. The van der Waals surface area contributed by atoms with E-state index >= 15 is 0 Å². The van der Waals surface area contributed by atoms with Crippen LogP contribution in [0.5, 0.6) is 0 Å². The van der Waals surface area contributed by atoms with Crippen LogP contribution in [0.25, 0.3) is 0 Å². The van der Waals surface area contributed by atoms with Crippen molar-refractivity contribution in [3.63, 3.8) is 0 Å². The van der Waals surface area contributed by atoms with Crippen molar-refractivity contribution in [2.75, 3.05) is 13.6 Å². The van der Waals surface area contributed by atoms with E-state index in [2.05, 4.69) is 13.8 Å². The number of primary amides is 1. The standard InChI is InChI=1S/C9H20N2O/c1-5-7(2)6-11(4)8(3)9(10)12/h7-8H,5-6H2,1-4H3,(H2,10,12). The summed E-state index contributed by atoms with van der Waals surface area (Å²) in [5, 5.41) is 0. The summed E-state index contributed by atoms with van der Waals surface area (Å²) in [5.74, 6) is 0.373. The quantitative estimate of drug-likeness (QED) is 0.668. The lowest BCUT2D eigenvalue weighted by Crippen LogP contribution is -2.42. The van der Waals surface area contributed by atoms with Gasteiger partial charge in [0.15, 0.2) is 0 Å². The molecule has 1 amide bonds. The van der Waals surface area contributed by atoms with Crippen molar-refractivity contribution in [2.24, 2.45) is 11.7 Å². The number of likely N-dealkylation sites (N-methyl/N-ethyl adjacent to an activating group) is 1. The minimum Gasteiger partial charge on any atom is -0.368 e. The van der Waals surface area contributed by atoms with E-state index in [4.69, 9.17) is 5.73 Å². The monoisotopic (exact) mass is 172 g/mol. The number of nitrogens with two attached hydrogens (primary N) is 1. The average Bonchev–Trinajstić information content (AvgIpc) is 2.02. The van der Waals surface area contributed by atoms with Crippen molar-refractivity contribution < 1.29 is 4.79 Å². The lowest BCUT2D eigenvalue weighted by atomic mass is 10.1. The summed E-state index contributed by atoms with van der Waals surface area (Å²) in [6, 6.07) is -0.154. The summed E-state index contributed by atoms with van der Waals surface area (Å²) in [6.07, 6.45) is 1.13. The number of carbonyl (C=O) groups is 1. The van der Waals surface area contributed by atoms with Crippen LogP contribution < -0.4 is 5.73 Å². The third-order valence-electron chi connectivity index (χ3n) is 2.37. The first-order chi connectivity index (χ1) is 5.49. The number of amides is 1. The molecule has 0 saturated carbocycles. The van der Waals surface area contributed by atoms with Crippen molar-refractivity contribution in [1.82, 2.24) is 4.90 Å². The van der Waals surface area contributed by atoms with Crippen LogP contribution in [0.2, 0.25) is 0 Å². The zero-order valence-corrected chi connectivity index (χ0v) is 8.50. The predicted molar refractivity (Wildman–Crippen MR) is 50.7 cm³/mol. The highest BCUT2D eigenvalue weighted by Crippen LogP contribution is 2.05. The van der Waals surface area contributed by atoms with E-state index in [1.54, 1.807) is 0 Å². The Hall–Kier alpha value is -0.570. The third-order valence-corrected chi connectivity index (χ3v) is 2.37. The number of hydrogen-bond donors (Lipinski definition) is 1. The molecule has 0 aliphatic heterocycles. The molecular formula is C9H20N2O. The topological polar surface area (TPSA) is 46.3 Å². The Labute approximate surface area is 74.9 Å². The molecule has 0 rings (SSSR count). The van der Waals surface area contributed by atoms with Crippen molar-refractivity contribution in [1.29, 1.82) is 0 Å². The second-order valence-corrected chi connectivity index (χ2v) is 3.53. The zero-order valence-electron chi connectivity index (χ0n) is 8.50. The molecule has 12 heavy (non-hydrogen) atoms. The van der Waals surface area contributed by atoms with Gasteiger partial charge >= 0.3 is 0 Å². The molecule has 0 aliphatic rings. The van der Waals surface area contributed by atoms with Crippen LogP contribution in [0.1, 0.15) is 27.2 Å². The number of nitrogens with zero attached hydrogens (tertiary/aromatic N) is 1. The molecule has 0 heterocycles. The van der Waals surface area contributed by atoms with Gasteiger partial charge in [0.1, 0.15) is 0 Å². The van der Waals surface area contributed by atoms with Crippen molar-refractivity contribution in [3.8, 4) is 0 Å². The summed E-state index contributed by atoms with van der Waals surface area (Å²) in [5.41, 5.74) is 5.17. The van der Waals surface area contributed by atoms with Gasteiger partial charge in [-0.25, -0.2) is 0 Å². The Morgan fingerprint density at radius 1 is 1.50 bits per heavy atom. The second-order valence-electron chi connectivity index (χ2n) is 3.53. The van der Waals surface area contributed by atoms with Crippen LogP contribution in [-0.2, 0) is 4.79 Å². The molecule has 2 atom stereocenters. The van der Waals surface area contributed by atoms with Crippen molar-refractivity contribution >= 4 is 5.91 Å². The lowest BCUT2D eigenvalue weighted by molar-refractivity contribution is -0.122. The molecule has 3 nitrogen and oxygen atoms in total. The molecule has 0 aromatic carbocycles. The molecule has 0 saturated heterocycles. The van der Waals surface area contributed by atoms with E-state index in [1.807, 2.05) is 18.9 Å². The van der Waals surface area contributed by atoms with Gasteiger partial charge in [-0.15, -0.1) is 0 Å². The molecule has 0 fully saturated rings. The first-order valence-electron chi connectivity index (χ1n) is 4.48. The molecule has 0 bridgehead atoms. The lowest BCUT2D eigenvalue weighted by Gasteiger charge is -2.24. The fourth-order valence-corrected chi connectivity index (χ4v) is 0.996. The van der Waals surface area contributed by atoms with Gasteiger partial charge in [-0.3, -0.25) is 9.69 Å². The van der Waals surface area contributed by atoms with Crippen LogP contribution in [-0.4, -0.2) is 30.4 Å². The van der Waals surface area contributed by atoms with Gasteiger partial charge in [0.25, 0.3) is 0 Å². The minimum atomic E-state index is -0.249. The minimum absolute atomic E-state index is 0.154. The largest absolute Gasteiger partial charge is 0.368 e. The molecule has 0 spiro atoms. The van der Waals surface area contributed by atoms with Crippen LogP contribution in [0.4, 0.5) is 0 Å². The van der Waals surface area contributed by atoms with Gasteiger partial charge in [-0.05, 0) is 19.9 Å². The van der Waals surface area contributed by atoms with Gasteiger partial charge in [-0.2, -0.15) is 0 Å². The Balaban J connectivity index is 3.86. The van der Waals surface area contributed by atoms with E-state index in [9.17, 15) is 4.79 Å². The van der Waals surface area contributed by atoms with Gasteiger partial charge < -0.3 is 5.73 Å². The molecule has 3 heteroatoms. The van der Waals surface area contributed by atoms with E-state index in [1.165, 1.54) is 0 Å². The molecule has 2 unspecified atom stereocenters. The predicted octanol–water partition coefficient (Wildman–Crippen LogP) is 0.838. The molecule has 0 aliphatic carbocycles. The summed E-state index contributed by atoms with van der Waals surface area (Å²) in [7, 11) is 1.93. The Bertz CT molecular complexity index is 147. The molecule has 0 aromatic rings. The van der Waals surface area contributed by atoms with E-state index in [-0.39, 0.29) is 11.9 Å². The van der Waals surface area contributed by atoms with Crippen LogP contribution in [0.3, 0.4) is 0 Å². The highest BCUT2D eigenvalue weighted by Gasteiger charge is 2.15. The van der Waals surface area contributed by atoms with Crippen LogP contribution >= 0.6 is 0 Å². The second kappa shape index (κ2) is 5.14. The summed E-state index contributed by atoms with van der Waals surface area (Å²) >= 11 is 0. The highest BCUT2D eigenvalue weighted by atomic mass is 16.1. The summed E-state index contributed by atoms with van der Waals surface area (Å²) < 4.78 is 0. The van der Waals surface area contributed by atoms with Crippen molar-refractivity contribution in [3.05, 3.63) is 0 Å². The third kappa shape index (κ3) is 3.72. The van der Waals surface area contributed by atoms with E-state index in [0.29, 0.717) is 5.92 Å². The summed E-state index contributed by atoms with van der Waals surface area (Å²) in [6.45, 7) is 7.09. The molecule has 2 N–H and O–H groups in total. The van der Waals surface area contributed by atoms with Gasteiger partial charge in [0.05, 0.1) is 6.04 Å². The Kier molecular flexibility index (Phi) is 4.90. The maximum Gasteiger partial charge on any atom is 0.234 e. The number of carbonyl (C=O) groups excluding carboxylic acids is 1. The van der Waals surface area contributed by atoms with E-state index < -0.39 is 0 Å². The Morgan fingerprint density at radius 2 is 2.00 bits per heavy atom. The van der Waals surface area contributed by atoms with Crippen LogP contribution in [0.15, 0.2) is 0 Å². The number of hydrogen-bond acceptors (Lipinski definition) is 2. The molecule has 72 valence electrons. The number of rotatable bonds is 5. The van der Waals surface area contributed by atoms with Gasteiger partial charge in [0, 0.05) is 6.54 Å². The van der Waals surface area contributed by atoms with Gasteiger partial charge in [-0.1, -0.05) is 20.3 Å². The zero-order chi connectivity index (χ0) is 9.72. The van der Waals surface area contributed by atoms with Gasteiger partial charge in [0.2, 0.25) is 5.91 Å². The smallest absolute Gasteiger partial charge is 0.234 e. The first-order valence-corrected chi connectivity index (χ1v) is 4.48. The maximum absolute atomic E-state index is 10.8. The van der Waals surface area contributed by atoms with E-state index in [0.717, 1.165) is 13.0 Å². The maximum atomic E-state index is 10.8. The van der Waals surface area contributed by atoms with Crippen molar-refractivity contribution in [2.45, 2.75) is 33.2 Å². The average molecular weight is 172 g/mol. The Morgan fingerprint density at radius 3 is 2.33 bits per heavy atom. The van der Waals surface area contributed by atoms with Crippen LogP contribution in [0, 0.1) is 5.92 Å². The first kappa shape index (κ1) is 11.4. The molecule has 0 radical (unpaired) electrons. The molecular weight excluding hydrogens is 152 g/mol. The normalized spacial score (nSPS) is 16.1.